The maximum atomic E-state index is 12.1. The molecule has 1 heterocycles. The van der Waals surface area contributed by atoms with E-state index in [-0.39, 0.29) is 30.1 Å². The van der Waals surface area contributed by atoms with Crippen LogP contribution in [-0.2, 0) is 19.1 Å². The lowest BCUT2D eigenvalue weighted by Gasteiger charge is -2.28. The number of rotatable bonds is 3. The lowest BCUT2D eigenvalue weighted by atomic mass is 9.88. The molecule has 2 bridgehead atoms. The van der Waals surface area contributed by atoms with Crippen molar-refractivity contribution in [3.8, 4) is 0 Å². The number of esters is 2. The highest BCUT2D eigenvalue weighted by atomic mass is 127. The average molecular weight is 364 g/mol. The molecular weight excluding hydrogens is 347 g/mol. The van der Waals surface area contributed by atoms with Gasteiger partial charge in [-0.25, -0.2) is 0 Å². The van der Waals surface area contributed by atoms with Gasteiger partial charge in [-0.1, -0.05) is 29.5 Å². The number of carbonyl (C=O) groups excluding carboxylic acids is 2. The summed E-state index contributed by atoms with van der Waals surface area (Å²) in [5.74, 6) is 0.431. The third-order valence-electron chi connectivity index (χ3n) is 4.75. The third-order valence-corrected chi connectivity index (χ3v) is 5.95. The fourth-order valence-electron chi connectivity index (χ4n) is 3.46. The normalized spacial score (nSPS) is 43.7. The van der Waals surface area contributed by atoms with Gasteiger partial charge in [-0.05, 0) is 26.2 Å². The average Bonchev–Trinajstić information content (AvgIpc) is 2.93. The van der Waals surface area contributed by atoms with E-state index >= 15 is 0 Å². The Morgan fingerprint density at radius 3 is 2.94 bits per heavy atom. The molecule has 2 aliphatic carbocycles. The Morgan fingerprint density at radius 1 is 1.56 bits per heavy atom. The first kappa shape index (κ1) is 12.7. The zero-order valence-electron chi connectivity index (χ0n) is 10.5. The summed E-state index contributed by atoms with van der Waals surface area (Å²) in [4.78, 5) is 23.7. The summed E-state index contributed by atoms with van der Waals surface area (Å²) in [5, 5.41) is 0. The monoisotopic (exact) mass is 364 g/mol. The van der Waals surface area contributed by atoms with Crippen molar-refractivity contribution in [2.24, 2.45) is 17.8 Å². The Labute approximate surface area is 120 Å². The van der Waals surface area contributed by atoms with Gasteiger partial charge in [0.05, 0.1) is 5.92 Å². The fraction of sp³-hybridized carbons (Fsp3) is 0.846. The second-order valence-corrected chi connectivity index (χ2v) is 8.21. The molecule has 0 N–H and O–H groups in total. The molecule has 0 aromatic rings. The minimum atomic E-state index is -0.485. The first-order valence-corrected chi connectivity index (χ1v) is 7.62. The number of alkyl halides is 1. The molecule has 0 spiro atoms. The third kappa shape index (κ3) is 1.69. The van der Waals surface area contributed by atoms with Gasteiger partial charge in [-0.3, -0.25) is 9.59 Å². The lowest BCUT2D eigenvalue weighted by Crippen LogP contribution is -2.40. The second-order valence-electron chi connectivity index (χ2n) is 5.82. The van der Waals surface area contributed by atoms with E-state index < -0.39 is 3.42 Å². The summed E-state index contributed by atoms with van der Waals surface area (Å²) in [5.41, 5.74) is 0. The van der Waals surface area contributed by atoms with Gasteiger partial charge in [-0.2, -0.15) is 0 Å². The van der Waals surface area contributed by atoms with E-state index in [4.69, 9.17) is 9.47 Å². The Bertz CT molecular complexity index is 406. The first-order valence-electron chi connectivity index (χ1n) is 6.54. The highest BCUT2D eigenvalue weighted by molar-refractivity contribution is 14.1. The van der Waals surface area contributed by atoms with Crippen molar-refractivity contribution >= 4 is 34.5 Å². The molecule has 100 valence electrons. The molecule has 2 saturated carbocycles. The van der Waals surface area contributed by atoms with Crippen LogP contribution in [0, 0.1) is 17.8 Å². The summed E-state index contributed by atoms with van der Waals surface area (Å²) < 4.78 is 10.6. The van der Waals surface area contributed by atoms with E-state index in [9.17, 15) is 9.59 Å². The molecule has 0 aromatic carbocycles. The molecule has 0 aromatic heterocycles. The van der Waals surface area contributed by atoms with Gasteiger partial charge in [0.2, 0.25) is 0 Å². The van der Waals surface area contributed by atoms with Crippen molar-refractivity contribution in [1.29, 1.82) is 0 Å². The SMILES string of the molecule is CCC(C)(I)C(=O)OC1C2CC3C(=O)OC1C3C2. The quantitative estimate of drug-likeness (QED) is 0.437. The van der Waals surface area contributed by atoms with Crippen LogP contribution in [0.5, 0.6) is 0 Å². The van der Waals surface area contributed by atoms with Gasteiger partial charge in [0.15, 0.2) is 0 Å². The Hall–Kier alpha value is -0.330. The number of halogens is 1. The van der Waals surface area contributed by atoms with Crippen LogP contribution in [0.4, 0.5) is 0 Å². The largest absolute Gasteiger partial charge is 0.458 e. The van der Waals surface area contributed by atoms with Crippen LogP contribution >= 0.6 is 22.6 Å². The Kier molecular flexibility index (Phi) is 2.88. The number of ether oxygens (including phenoxy) is 2. The second kappa shape index (κ2) is 4.08. The number of hydrogen-bond acceptors (Lipinski definition) is 4. The zero-order chi connectivity index (χ0) is 13.1. The zero-order valence-corrected chi connectivity index (χ0v) is 12.7. The molecule has 5 heteroatoms. The van der Waals surface area contributed by atoms with Crippen LogP contribution in [0.3, 0.4) is 0 Å². The summed E-state index contributed by atoms with van der Waals surface area (Å²) >= 11 is 2.13. The summed E-state index contributed by atoms with van der Waals surface area (Å²) in [6, 6.07) is 0. The van der Waals surface area contributed by atoms with Crippen LogP contribution < -0.4 is 0 Å². The van der Waals surface area contributed by atoms with E-state index in [1.165, 1.54) is 0 Å². The minimum Gasteiger partial charge on any atom is -0.458 e. The highest BCUT2D eigenvalue weighted by Gasteiger charge is 2.63. The molecule has 6 unspecified atom stereocenters. The molecular formula is C13H17IO4. The molecule has 3 aliphatic rings. The predicted molar refractivity (Wildman–Crippen MR) is 72.2 cm³/mol. The topological polar surface area (TPSA) is 52.6 Å². The molecule has 3 fully saturated rings. The van der Waals surface area contributed by atoms with Crippen LogP contribution in [0.2, 0.25) is 0 Å². The maximum absolute atomic E-state index is 12.1. The van der Waals surface area contributed by atoms with E-state index in [0.29, 0.717) is 11.8 Å². The summed E-state index contributed by atoms with van der Waals surface area (Å²) in [6.07, 6.45) is 2.17. The first-order chi connectivity index (χ1) is 8.44. The van der Waals surface area contributed by atoms with Gasteiger partial charge in [0.25, 0.3) is 0 Å². The Balaban J connectivity index is 1.73. The predicted octanol–water partition coefficient (Wildman–Crippen LogP) is 2.08. The maximum Gasteiger partial charge on any atom is 0.322 e. The highest BCUT2D eigenvalue weighted by Crippen LogP contribution is 2.55. The van der Waals surface area contributed by atoms with E-state index in [2.05, 4.69) is 22.6 Å². The summed E-state index contributed by atoms with van der Waals surface area (Å²) in [7, 11) is 0. The van der Waals surface area contributed by atoms with E-state index in [1.807, 2.05) is 13.8 Å². The smallest absolute Gasteiger partial charge is 0.322 e. The van der Waals surface area contributed by atoms with Crippen LogP contribution in [0.1, 0.15) is 33.1 Å². The van der Waals surface area contributed by atoms with Crippen molar-refractivity contribution < 1.29 is 19.1 Å². The number of hydrogen-bond donors (Lipinski definition) is 0. The molecule has 1 saturated heterocycles. The molecule has 0 amide bonds. The van der Waals surface area contributed by atoms with E-state index in [1.54, 1.807) is 0 Å². The molecule has 6 atom stereocenters. The Morgan fingerprint density at radius 2 is 2.28 bits per heavy atom. The fourth-order valence-corrected chi connectivity index (χ4v) is 3.58. The molecule has 1 aliphatic heterocycles. The molecule has 18 heavy (non-hydrogen) atoms. The molecule has 4 nitrogen and oxygen atoms in total. The summed E-state index contributed by atoms with van der Waals surface area (Å²) in [6.45, 7) is 3.85. The number of fused-ring (bicyclic) bond motifs is 1. The van der Waals surface area contributed by atoms with Crippen molar-refractivity contribution in [3.05, 3.63) is 0 Å². The number of carbonyl (C=O) groups is 2. The van der Waals surface area contributed by atoms with Crippen LogP contribution in [0.25, 0.3) is 0 Å². The van der Waals surface area contributed by atoms with Gasteiger partial charge in [0.1, 0.15) is 15.6 Å². The lowest BCUT2D eigenvalue weighted by molar-refractivity contribution is -0.163. The molecule has 0 radical (unpaired) electrons. The molecule has 3 rings (SSSR count). The standard InChI is InChI=1S/C13H17IO4/c1-3-13(2,14)12(16)18-9-6-4-7-8(5-6)11(15)17-10(7)9/h6-10H,3-5H2,1-2H3. The van der Waals surface area contributed by atoms with Crippen LogP contribution in [-0.4, -0.2) is 27.6 Å². The van der Waals surface area contributed by atoms with Crippen LogP contribution in [0.15, 0.2) is 0 Å². The van der Waals surface area contributed by atoms with Gasteiger partial charge < -0.3 is 9.47 Å². The van der Waals surface area contributed by atoms with E-state index in [0.717, 1.165) is 19.3 Å². The van der Waals surface area contributed by atoms with Crippen molar-refractivity contribution in [2.45, 2.75) is 48.7 Å². The van der Waals surface area contributed by atoms with Crippen molar-refractivity contribution in [2.75, 3.05) is 0 Å². The van der Waals surface area contributed by atoms with Gasteiger partial charge >= 0.3 is 11.9 Å². The van der Waals surface area contributed by atoms with Crippen molar-refractivity contribution in [1.82, 2.24) is 0 Å². The van der Waals surface area contributed by atoms with Gasteiger partial charge in [-0.15, -0.1) is 0 Å². The van der Waals surface area contributed by atoms with Crippen molar-refractivity contribution in [3.63, 3.8) is 0 Å². The minimum absolute atomic E-state index is 0.0760. The van der Waals surface area contributed by atoms with Gasteiger partial charge in [0, 0.05) is 11.8 Å².